The van der Waals surface area contributed by atoms with Crippen molar-refractivity contribution in [3.05, 3.63) is 57.8 Å². The van der Waals surface area contributed by atoms with E-state index in [4.69, 9.17) is 0 Å². The van der Waals surface area contributed by atoms with Crippen molar-refractivity contribution in [1.29, 1.82) is 5.26 Å². The molecule has 1 fully saturated rings. The molecular weight excluding hydrogens is 354 g/mol. The summed E-state index contributed by atoms with van der Waals surface area (Å²) in [5.74, 6) is 0.637. The Hall–Kier alpha value is -2.16. The largest absolute Gasteiger partial charge is 0.337 e. The van der Waals surface area contributed by atoms with E-state index < -0.39 is 5.54 Å². The van der Waals surface area contributed by atoms with Crippen molar-refractivity contribution >= 4 is 17.2 Å². The average Bonchev–Trinajstić information content (AvgIpc) is 3.39. The van der Waals surface area contributed by atoms with Gasteiger partial charge in [0, 0.05) is 4.88 Å². The van der Waals surface area contributed by atoms with Gasteiger partial charge < -0.3 is 5.32 Å². The average molecular weight is 382 g/mol. The topological polar surface area (TPSA) is 64.9 Å². The minimum absolute atomic E-state index is 0.0359. The normalized spacial score (nSPS) is 17.1. The van der Waals surface area contributed by atoms with Crippen LogP contribution in [0.4, 0.5) is 0 Å². The summed E-state index contributed by atoms with van der Waals surface area (Å²) < 4.78 is 0. The van der Waals surface area contributed by atoms with Crippen molar-refractivity contribution in [3.63, 3.8) is 0 Å². The van der Waals surface area contributed by atoms with Crippen LogP contribution in [0.5, 0.6) is 0 Å². The molecule has 1 heterocycles. The van der Waals surface area contributed by atoms with Crippen LogP contribution in [0, 0.1) is 17.2 Å². The third-order valence-electron chi connectivity index (χ3n) is 5.26. The first-order chi connectivity index (χ1) is 12.9. The maximum atomic E-state index is 12.5. The number of thiophene rings is 1. The minimum atomic E-state index is -0.754. The van der Waals surface area contributed by atoms with Gasteiger partial charge >= 0.3 is 0 Å². The first-order valence-electron chi connectivity index (χ1n) is 9.52. The number of nitrogens with zero attached hydrogens (tertiary/aromatic N) is 1. The number of rotatable bonds is 8. The second kappa shape index (κ2) is 8.24. The molecule has 142 valence electrons. The smallest absolute Gasteiger partial charge is 0.235 e. The summed E-state index contributed by atoms with van der Waals surface area (Å²) in [6.45, 7) is 6.36. The highest BCUT2D eigenvalue weighted by molar-refractivity contribution is 7.10. The lowest BCUT2D eigenvalue weighted by atomic mass is 9.97. The SMILES string of the molecule is CC(C)c1ccc([C@@H](NCC(=O)N[C@@](C)(C#N)C2CC2)c2cccs2)cc1. The van der Waals surface area contributed by atoms with E-state index in [-0.39, 0.29) is 24.4 Å². The van der Waals surface area contributed by atoms with Crippen LogP contribution in [-0.4, -0.2) is 18.0 Å². The van der Waals surface area contributed by atoms with Crippen molar-refractivity contribution in [2.75, 3.05) is 6.54 Å². The summed E-state index contributed by atoms with van der Waals surface area (Å²) in [5.41, 5.74) is 1.69. The van der Waals surface area contributed by atoms with E-state index in [0.29, 0.717) is 5.92 Å². The zero-order chi connectivity index (χ0) is 19.4. The van der Waals surface area contributed by atoms with Crippen molar-refractivity contribution in [2.24, 2.45) is 5.92 Å². The number of nitriles is 1. The van der Waals surface area contributed by atoms with Crippen molar-refractivity contribution < 1.29 is 4.79 Å². The van der Waals surface area contributed by atoms with Crippen LogP contribution in [0.2, 0.25) is 0 Å². The molecule has 27 heavy (non-hydrogen) atoms. The fraction of sp³-hybridized carbons (Fsp3) is 0.455. The molecule has 0 saturated heterocycles. The van der Waals surface area contributed by atoms with Crippen LogP contribution < -0.4 is 10.6 Å². The second-order valence-corrected chi connectivity index (χ2v) is 8.77. The molecule has 1 aliphatic carbocycles. The highest BCUT2D eigenvalue weighted by Gasteiger charge is 2.42. The zero-order valence-corrected chi connectivity index (χ0v) is 17.0. The number of carbonyl (C=O) groups excluding carboxylic acids is 1. The third-order valence-corrected chi connectivity index (χ3v) is 6.19. The predicted octanol–water partition coefficient (Wildman–Crippen LogP) is 4.36. The molecule has 5 heteroatoms. The molecule has 1 saturated carbocycles. The van der Waals surface area contributed by atoms with Crippen molar-refractivity contribution in [1.82, 2.24) is 10.6 Å². The molecule has 0 spiro atoms. The van der Waals surface area contributed by atoms with Gasteiger partial charge in [0.25, 0.3) is 0 Å². The summed E-state index contributed by atoms with van der Waals surface area (Å²) in [6, 6.07) is 14.9. The summed E-state index contributed by atoms with van der Waals surface area (Å²) in [7, 11) is 0. The Morgan fingerprint density at radius 2 is 1.93 bits per heavy atom. The van der Waals surface area contributed by atoms with E-state index in [9.17, 15) is 10.1 Å². The van der Waals surface area contributed by atoms with Gasteiger partial charge in [0.1, 0.15) is 5.54 Å². The van der Waals surface area contributed by atoms with Gasteiger partial charge in [-0.1, -0.05) is 44.2 Å². The third kappa shape index (κ3) is 4.77. The minimum Gasteiger partial charge on any atom is -0.337 e. The predicted molar refractivity (Wildman–Crippen MR) is 110 cm³/mol. The van der Waals surface area contributed by atoms with Crippen LogP contribution in [0.25, 0.3) is 0 Å². The number of nitrogens with one attached hydrogen (secondary N) is 2. The number of amides is 1. The highest BCUT2D eigenvalue weighted by atomic mass is 32.1. The number of hydrogen-bond donors (Lipinski definition) is 2. The Balaban J connectivity index is 1.69. The fourth-order valence-electron chi connectivity index (χ4n) is 3.32. The Bertz CT molecular complexity index is 803. The summed E-state index contributed by atoms with van der Waals surface area (Å²) >= 11 is 1.67. The van der Waals surface area contributed by atoms with E-state index in [1.165, 1.54) is 10.4 Å². The molecule has 0 aliphatic heterocycles. The van der Waals surface area contributed by atoms with E-state index in [2.05, 4.69) is 60.9 Å². The van der Waals surface area contributed by atoms with Gasteiger partial charge in [-0.15, -0.1) is 11.3 Å². The lowest BCUT2D eigenvalue weighted by Crippen LogP contribution is -2.49. The molecule has 2 aromatic rings. The molecule has 4 nitrogen and oxygen atoms in total. The Labute approximate surface area is 165 Å². The molecule has 3 rings (SSSR count). The van der Waals surface area contributed by atoms with E-state index in [0.717, 1.165) is 18.4 Å². The maximum absolute atomic E-state index is 12.5. The molecule has 2 N–H and O–H groups in total. The lowest BCUT2D eigenvalue weighted by molar-refractivity contribution is -0.121. The van der Waals surface area contributed by atoms with E-state index in [1.54, 1.807) is 11.3 Å². The van der Waals surface area contributed by atoms with Gasteiger partial charge in [-0.2, -0.15) is 5.26 Å². The van der Waals surface area contributed by atoms with Crippen LogP contribution in [-0.2, 0) is 4.79 Å². The zero-order valence-electron chi connectivity index (χ0n) is 16.2. The van der Waals surface area contributed by atoms with Gasteiger partial charge in [-0.05, 0) is 54.2 Å². The maximum Gasteiger partial charge on any atom is 0.235 e. The van der Waals surface area contributed by atoms with Gasteiger partial charge in [0.05, 0.1) is 18.7 Å². The van der Waals surface area contributed by atoms with Crippen LogP contribution in [0.15, 0.2) is 41.8 Å². The quantitative estimate of drug-likeness (QED) is 0.714. The van der Waals surface area contributed by atoms with Crippen LogP contribution >= 0.6 is 11.3 Å². The van der Waals surface area contributed by atoms with E-state index in [1.807, 2.05) is 18.4 Å². The van der Waals surface area contributed by atoms with Crippen LogP contribution in [0.3, 0.4) is 0 Å². The molecule has 1 aromatic carbocycles. The lowest BCUT2D eigenvalue weighted by Gasteiger charge is -2.24. The van der Waals surface area contributed by atoms with Gasteiger partial charge in [0.15, 0.2) is 0 Å². The van der Waals surface area contributed by atoms with Gasteiger partial charge in [-0.3, -0.25) is 10.1 Å². The Kier molecular flexibility index (Phi) is 5.98. The fourth-order valence-corrected chi connectivity index (χ4v) is 4.15. The molecule has 0 radical (unpaired) electrons. The van der Waals surface area contributed by atoms with Crippen LogP contribution in [0.1, 0.15) is 61.6 Å². The number of benzene rings is 1. The first kappa shape index (κ1) is 19.6. The summed E-state index contributed by atoms with van der Waals surface area (Å²) in [5, 5.41) is 17.8. The monoisotopic (exact) mass is 381 g/mol. The molecular formula is C22H27N3OS. The van der Waals surface area contributed by atoms with Gasteiger partial charge in [-0.25, -0.2) is 0 Å². The molecule has 0 bridgehead atoms. The highest BCUT2D eigenvalue weighted by Crippen LogP contribution is 2.39. The molecule has 1 amide bonds. The standard InChI is InChI=1S/C22H27N3OS/c1-15(2)16-6-8-17(9-7-16)21(19-5-4-12-27-19)24-13-20(26)25-22(3,14-23)18-10-11-18/h4-9,12,15,18,21,24H,10-11,13H2,1-3H3,(H,25,26)/t21-,22+/m1/s1. The molecule has 2 atom stereocenters. The second-order valence-electron chi connectivity index (χ2n) is 7.79. The van der Waals surface area contributed by atoms with Crippen molar-refractivity contribution in [3.8, 4) is 6.07 Å². The Morgan fingerprint density at radius 3 is 2.44 bits per heavy atom. The van der Waals surface area contributed by atoms with E-state index >= 15 is 0 Å². The molecule has 1 aromatic heterocycles. The summed E-state index contributed by atoms with van der Waals surface area (Å²) in [4.78, 5) is 13.6. The summed E-state index contributed by atoms with van der Waals surface area (Å²) in [6.07, 6.45) is 2.02. The molecule has 1 aliphatic rings. The Morgan fingerprint density at radius 1 is 1.26 bits per heavy atom. The molecule has 0 unspecified atom stereocenters. The van der Waals surface area contributed by atoms with Gasteiger partial charge in [0.2, 0.25) is 5.91 Å². The van der Waals surface area contributed by atoms with Crippen molar-refractivity contribution in [2.45, 2.75) is 51.1 Å². The number of hydrogen-bond acceptors (Lipinski definition) is 4. The first-order valence-corrected chi connectivity index (χ1v) is 10.4. The number of carbonyl (C=O) groups is 1.